The largest absolute Gasteiger partial charge is 0.352 e. The molecule has 1 heterocycles. The quantitative estimate of drug-likeness (QED) is 0.368. The molecule has 34 heavy (non-hydrogen) atoms. The van der Waals surface area contributed by atoms with E-state index in [2.05, 4.69) is 15.7 Å². The van der Waals surface area contributed by atoms with Crippen LogP contribution >= 0.6 is 11.6 Å². The summed E-state index contributed by atoms with van der Waals surface area (Å²) in [4.78, 5) is 25.8. The highest BCUT2D eigenvalue weighted by Crippen LogP contribution is 2.20. The molecule has 0 spiro atoms. The van der Waals surface area contributed by atoms with Gasteiger partial charge < -0.3 is 10.6 Å². The monoisotopic (exact) mass is 472 g/mol. The van der Waals surface area contributed by atoms with E-state index in [0.717, 1.165) is 16.7 Å². The van der Waals surface area contributed by atoms with Gasteiger partial charge in [0.25, 0.3) is 5.91 Å². The summed E-state index contributed by atoms with van der Waals surface area (Å²) in [5.74, 6) is -0.487. The molecule has 1 atom stereocenters. The summed E-state index contributed by atoms with van der Waals surface area (Å²) in [6.45, 7) is 1.01. The molecule has 0 saturated heterocycles. The van der Waals surface area contributed by atoms with E-state index >= 15 is 0 Å². The summed E-state index contributed by atoms with van der Waals surface area (Å²) < 4.78 is 1.84. The summed E-state index contributed by atoms with van der Waals surface area (Å²) in [6.07, 6.45) is 3.74. The first-order valence-corrected chi connectivity index (χ1v) is 11.4. The number of hydrogen-bond acceptors (Lipinski definition) is 3. The van der Waals surface area contributed by atoms with Gasteiger partial charge in [0, 0.05) is 18.9 Å². The fourth-order valence-electron chi connectivity index (χ4n) is 3.72. The van der Waals surface area contributed by atoms with Crippen molar-refractivity contribution in [1.82, 2.24) is 20.4 Å². The van der Waals surface area contributed by atoms with Crippen LogP contribution in [0.2, 0.25) is 5.02 Å². The van der Waals surface area contributed by atoms with Crippen LogP contribution in [0.25, 0.3) is 0 Å². The first-order chi connectivity index (χ1) is 16.6. The van der Waals surface area contributed by atoms with Crippen molar-refractivity contribution >= 4 is 23.4 Å². The van der Waals surface area contributed by atoms with Gasteiger partial charge in [-0.25, -0.2) is 0 Å². The zero-order valence-corrected chi connectivity index (χ0v) is 19.3. The van der Waals surface area contributed by atoms with Crippen LogP contribution in [0.15, 0.2) is 97.3 Å². The fourth-order valence-corrected chi connectivity index (χ4v) is 3.94. The molecule has 0 radical (unpaired) electrons. The lowest BCUT2D eigenvalue weighted by Gasteiger charge is -2.20. The Bertz CT molecular complexity index is 1240. The van der Waals surface area contributed by atoms with Crippen LogP contribution in [-0.4, -0.2) is 21.6 Å². The molecule has 3 aromatic carbocycles. The van der Waals surface area contributed by atoms with E-state index in [1.807, 2.05) is 71.5 Å². The highest BCUT2D eigenvalue weighted by Gasteiger charge is 2.20. The van der Waals surface area contributed by atoms with E-state index in [0.29, 0.717) is 23.7 Å². The molecule has 1 aromatic heterocycles. The third-order valence-electron chi connectivity index (χ3n) is 5.50. The lowest BCUT2D eigenvalue weighted by Crippen LogP contribution is -2.34. The van der Waals surface area contributed by atoms with Crippen molar-refractivity contribution in [1.29, 1.82) is 0 Å². The molecule has 0 aliphatic carbocycles. The van der Waals surface area contributed by atoms with Crippen LogP contribution in [-0.2, 0) is 17.9 Å². The smallest absolute Gasteiger partial charge is 0.253 e. The molecule has 0 bridgehead atoms. The SMILES string of the molecule is O=C(CC(NC(=O)c1ccccc1Cl)c1ccccc1)NCc1ccccc1Cn1cccn1. The van der Waals surface area contributed by atoms with E-state index in [1.54, 1.807) is 30.5 Å². The van der Waals surface area contributed by atoms with Crippen molar-refractivity contribution in [3.05, 3.63) is 125 Å². The van der Waals surface area contributed by atoms with E-state index in [9.17, 15) is 9.59 Å². The number of benzene rings is 3. The van der Waals surface area contributed by atoms with Gasteiger partial charge in [0.05, 0.1) is 29.6 Å². The molecule has 4 rings (SSSR count). The van der Waals surface area contributed by atoms with Gasteiger partial charge in [0.2, 0.25) is 5.91 Å². The zero-order chi connectivity index (χ0) is 23.8. The Morgan fingerprint density at radius 3 is 2.32 bits per heavy atom. The Hall–Kier alpha value is -3.90. The van der Waals surface area contributed by atoms with Crippen molar-refractivity contribution in [3.63, 3.8) is 0 Å². The van der Waals surface area contributed by atoms with Crippen LogP contribution in [0.5, 0.6) is 0 Å². The predicted molar refractivity (Wildman–Crippen MR) is 132 cm³/mol. The van der Waals surface area contributed by atoms with Gasteiger partial charge in [-0.2, -0.15) is 5.10 Å². The zero-order valence-electron chi connectivity index (χ0n) is 18.5. The van der Waals surface area contributed by atoms with Crippen molar-refractivity contribution in [2.45, 2.75) is 25.6 Å². The van der Waals surface area contributed by atoms with Gasteiger partial charge in [-0.3, -0.25) is 14.3 Å². The van der Waals surface area contributed by atoms with Crippen molar-refractivity contribution in [2.24, 2.45) is 0 Å². The van der Waals surface area contributed by atoms with Crippen LogP contribution < -0.4 is 10.6 Å². The number of hydrogen-bond donors (Lipinski definition) is 2. The molecule has 4 aromatic rings. The van der Waals surface area contributed by atoms with Gasteiger partial charge in [0.1, 0.15) is 0 Å². The molecule has 7 heteroatoms. The molecule has 0 aliphatic rings. The van der Waals surface area contributed by atoms with E-state index in [-0.39, 0.29) is 18.2 Å². The third-order valence-corrected chi connectivity index (χ3v) is 5.83. The summed E-state index contributed by atoms with van der Waals surface area (Å²) in [6, 6.07) is 25.6. The van der Waals surface area contributed by atoms with E-state index in [4.69, 9.17) is 11.6 Å². The van der Waals surface area contributed by atoms with E-state index < -0.39 is 6.04 Å². The van der Waals surface area contributed by atoms with Crippen molar-refractivity contribution in [3.8, 4) is 0 Å². The number of aromatic nitrogens is 2. The molecule has 6 nitrogen and oxygen atoms in total. The molecule has 0 fully saturated rings. The topological polar surface area (TPSA) is 76.0 Å². The average Bonchev–Trinajstić information content (AvgIpc) is 3.37. The number of nitrogens with one attached hydrogen (secondary N) is 2. The predicted octanol–water partition coefficient (Wildman–Crippen LogP) is 4.76. The number of nitrogens with zero attached hydrogens (tertiary/aromatic N) is 2. The van der Waals surface area contributed by atoms with Crippen LogP contribution in [0.3, 0.4) is 0 Å². The molecule has 2 amide bonds. The lowest BCUT2D eigenvalue weighted by atomic mass is 10.0. The molecule has 2 N–H and O–H groups in total. The number of rotatable bonds is 9. The first kappa shape index (κ1) is 23.3. The minimum absolute atomic E-state index is 0.0987. The molecule has 0 aliphatic heterocycles. The first-order valence-electron chi connectivity index (χ1n) is 11.0. The Morgan fingerprint density at radius 2 is 1.59 bits per heavy atom. The second-order valence-corrected chi connectivity index (χ2v) is 8.28. The van der Waals surface area contributed by atoms with Gasteiger partial charge >= 0.3 is 0 Å². The van der Waals surface area contributed by atoms with Crippen molar-refractivity contribution < 1.29 is 9.59 Å². The maximum Gasteiger partial charge on any atom is 0.253 e. The lowest BCUT2D eigenvalue weighted by molar-refractivity contribution is -0.121. The highest BCUT2D eigenvalue weighted by atomic mass is 35.5. The van der Waals surface area contributed by atoms with Gasteiger partial charge in [-0.15, -0.1) is 0 Å². The summed E-state index contributed by atoms with van der Waals surface area (Å²) in [5, 5.41) is 10.6. The number of carbonyl (C=O) groups excluding carboxylic acids is 2. The summed E-state index contributed by atoms with van der Waals surface area (Å²) in [7, 11) is 0. The van der Waals surface area contributed by atoms with Gasteiger partial charge in [-0.1, -0.05) is 78.3 Å². The standard InChI is InChI=1S/C27H25ClN4O2/c28-24-14-7-6-13-23(24)27(34)31-25(20-9-2-1-3-10-20)17-26(33)29-18-21-11-4-5-12-22(21)19-32-16-8-15-30-32/h1-16,25H,17-19H2,(H,29,33)(H,31,34). The minimum atomic E-state index is -0.496. The van der Waals surface area contributed by atoms with Crippen LogP contribution in [0.1, 0.15) is 39.5 Å². The molecular weight excluding hydrogens is 448 g/mol. The van der Waals surface area contributed by atoms with Gasteiger partial charge in [-0.05, 0) is 34.9 Å². The maximum absolute atomic E-state index is 12.9. The minimum Gasteiger partial charge on any atom is -0.352 e. The Labute approximate surface area is 203 Å². The average molecular weight is 473 g/mol. The summed E-state index contributed by atoms with van der Waals surface area (Å²) >= 11 is 6.19. The molecular formula is C27H25ClN4O2. The van der Waals surface area contributed by atoms with Crippen LogP contribution in [0.4, 0.5) is 0 Å². The Balaban J connectivity index is 1.43. The normalized spacial score (nSPS) is 11.6. The molecule has 1 unspecified atom stereocenters. The summed E-state index contributed by atoms with van der Waals surface area (Å²) in [5.41, 5.74) is 3.32. The van der Waals surface area contributed by atoms with Gasteiger partial charge in [0.15, 0.2) is 0 Å². The fraction of sp³-hybridized carbons (Fsp3) is 0.148. The number of halogens is 1. The molecule has 172 valence electrons. The van der Waals surface area contributed by atoms with Crippen molar-refractivity contribution in [2.75, 3.05) is 0 Å². The second kappa shape index (κ2) is 11.3. The Morgan fingerprint density at radius 1 is 0.882 bits per heavy atom. The maximum atomic E-state index is 12.9. The van der Waals surface area contributed by atoms with E-state index in [1.165, 1.54) is 0 Å². The highest BCUT2D eigenvalue weighted by molar-refractivity contribution is 6.33. The second-order valence-electron chi connectivity index (χ2n) is 7.87. The Kier molecular flexibility index (Phi) is 7.73. The third kappa shape index (κ3) is 6.11. The molecule has 0 saturated carbocycles. The van der Waals surface area contributed by atoms with Crippen LogP contribution in [0, 0.1) is 0 Å². The number of amides is 2. The number of carbonyl (C=O) groups is 2.